The SMILES string of the molecule is COCCCOc1cc(C(=O)N[C@@H]2CCCNC2)c(Cl)cc1O. The van der Waals surface area contributed by atoms with Crippen LogP contribution in [-0.2, 0) is 4.74 Å². The molecule has 7 heteroatoms. The van der Waals surface area contributed by atoms with E-state index in [1.807, 2.05) is 0 Å². The summed E-state index contributed by atoms with van der Waals surface area (Å²) in [7, 11) is 1.61. The zero-order chi connectivity index (χ0) is 16.7. The molecule has 0 spiro atoms. The number of methoxy groups -OCH3 is 1. The third-order valence-electron chi connectivity index (χ3n) is 3.68. The van der Waals surface area contributed by atoms with Crippen molar-refractivity contribution in [3.8, 4) is 11.5 Å². The highest BCUT2D eigenvalue weighted by Crippen LogP contribution is 2.32. The van der Waals surface area contributed by atoms with Crippen molar-refractivity contribution < 1.29 is 19.4 Å². The van der Waals surface area contributed by atoms with E-state index in [1.54, 1.807) is 7.11 Å². The number of hydrogen-bond donors (Lipinski definition) is 3. The van der Waals surface area contributed by atoms with Crippen LogP contribution in [0.25, 0.3) is 0 Å². The lowest BCUT2D eigenvalue weighted by Gasteiger charge is -2.24. The number of carbonyl (C=O) groups excluding carboxylic acids is 1. The Labute approximate surface area is 141 Å². The van der Waals surface area contributed by atoms with Gasteiger partial charge in [0.05, 0.1) is 17.2 Å². The molecule has 23 heavy (non-hydrogen) atoms. The van der Waals surface area contributed by atoms with Crippen LogP contribution >= 0.6 is 11.6 Å². The summed E-state index contributed by atoms with van der Waals surface area (Å²) in [5, 5.41) is 16.3. The van der Waals surface area contributed by atoms with Gasteiger partial charge in [0, 0.05) is 38.8 Å². The lowest BCUT2D eigenvalue weighted by Crippen LogP contribution is -2.45. The Morgan fingerprint density at radius 1 is 1.48 bits per heavy atom. The molecule has 0 aromatic heterocycles. The van der Waals surface area contributed by atoms with E-state index in [2.05, 4.69) is 10.6 Å². The van der Waals surface area contributed by atoms with E-state index >= 15 is 0 Å². The van der Waals surface area contributed by atoms with Gasteiger partial charge in [0.25, 0.3) is 5.91 Å². The average molecular weight is 343 g/mol. The number of ether oxygens (including phenoxy) is 2. The van der Waals surface area contributed by atoms with Gasteiger partial charge in [0.2, 0.25) is 0 Å². The number of benzene rings is 1. The van der Waals surface area contributed by atoms with Crippen LogP contribution in [-0.4, -0.2) is 50.5 Å². The molecular weight excluding hydrogens is 320 g/mol. The van der Waals surface area contributed by atoms with Gasteiger partial charge in [0.15, 0.2) is 11.5 Å². The van der Waals surface area contributed by atoms with Crippen molar-refractivity contribution in [1.82, 2.24) is 10.6 Å². The molecule has 1 fully saturated rings. The molecule has 0 saturated carbocycles. The molecule has 1 atom stereocenters. The minimum atomic E-state index is -0.259. The average Bonchev–Trinajstić information content (AvgIpc) is 2.54. The normalized spacial score (nSPS) is 17.7. The maximum Gasteiger partial charge on any atom is 0.253 e. The number of rotatable bonds is 7. The quantitative estimate of drug-likeness (QED) is 0.660. The largest absolute Gasteiger partial charge is 0.504 e. The van der Waals surface area contributed by atoms with Crippen molar-refractivity contribution in [3.63, 3.8) is 0 Å². The standard InChI is InChI=1S/C16H23ClN2O4/c1-22-6-3-7-23-15-8-12(13(17)9-14(15)20)16(21)19-11-4-2-5-18-10-11/h8-9,11,18,20H,2-7,10H2,1H3,(H,19,21)/t11-/m1/s1. The molecule has 3 N–H and O–H groups in total. The number of phenolic OH excluding ortho intramolecular Hbond substituents is 1. The van der Waals surface area contributed by atoms with Gasteiger partial charge in [-0.2, -0.15) is 0 Å². The molecule has 1 heterocycles. The summed E-state index contributed by atoms with van der Waals surface area (Å²) in [4.78, 5) is 12.4. The first-order valence-electron chi connectivity index (χ1n) is 7.77. The third-order valence-corrected chi connectivity index (χ3v) is 3.99. The van der Waals surface area contributed by atoms with Crippen LogP contribution in [0.4, 0.5) is 0 Å². The maximum atomic E-state index is 12.4. The Kier molecular flexibility index (Phi) is 6.95. The number of nitrogens with one attached hydrogen (secondary N) is 2. The molecule has 1 saturated heterocycles. The second-order valence-electron chi connectivity index (χ2n) is 5.51. The fourth-order valence-corrected chi connectivity index (χ4v) is 2.70. The smallest absolute Gasteiger partial charge is 0.253 e. The summed E-state index contributed by atoms with van der Waals surface area (Å²) in [6, 6.07) is 2.91. The summed E-state index contributed by atoms with van der Waals surface area (Å²) in [6.07, 6.45) is 2.66. The monoisotopic (exact) mass is 342 g/mol. The molecular formula is C16H23ClN2O4. The Morgan fingerprint density at radius 2 is 2.30 bits per heavy atom. The lowest BCUT2D eigenvalue weighted by molar-refractivity contribution is 0.0930. The van der Waals surface area contributed by atoms with Crippen LogP contribution in [0.15, 0.2) is 12.1 Å². The van der Waals surface area contributed by atoms with Crippen molar-refractivity contribution in [3.05, 3.63) is 22.7 Å². The Balaban J connectivity index is 2.02. The molecule has 0 bridgehead atoms. The topological polar surface area (TPSA) is 79.8 Å². The van der Waals surface area contributed by atoms with E-state index in [0.29, 0.717) is 25.2 Å². The summed E-state index contributed by atoms with van der Waals surface area (Å²) >= 11 is 6.09. The van der Waals surface area contributed by atoms with Gasteiger partial charge in [-0.15, -0.1) is 0 Å². The molecule has 2 rings (SSSR count). The van der Waals surface area contributed by atoms with Crippen molar-refractivity contribution in [1.29, 1.82) is 0 Å². The Bertz CT molecular complexity index is 533. The van der Waals surface area contributed by atoms with Crippen LogP contribution in [0.1, 0.15) is 29.6 Å². The maximum absolute atomic E-state index is 12.4. The molecule has 1 aliphatic rings. The fraction of sp³-hybridized carbons (Fsp3) is 0.562. The van der Waals surface area contributed by atoms with Gasteiger partial charge in [-0.3, -0.25) is 4.79 Å². The number of phenols is 1. The fourth-order valence-electron chi connectivity index (χ4n) is 2.46. The third kappa shape index (κ3) is 5.27. The molecule has 1 aliphatic heterocycles. The van der Waals surface area contributed by atoms with Gasteiger partial charge in [-0.25, -0.2) is 0 Å². The van der Waals surface area contributed by atoms with Crippen LogP contribution in [0.2, 0.25) is 5.02 Å². The number of halogens is 1. The van der Waals surface area contributed by atoms with Crippen LogP contribution < -0.4 is 15.4 Å². The molecule has 0 aliphatic carbocycles. The minimum Gasteiger partial charge on any atom is -0.504 e. The summed E-state index contributed by atoms with van der Waals surface area (Å²) < 4.78 is 10.4. The zero-order valence-corrected chi connectivity index (χ0v) is 14.0. The van der Waals surface area contributed by atoms with E-state index in [9.17, 15) is 9.90 Å². The number of amides is 1. The first-order valence-corrected chi connectivity index (χ1v) is 8.15. The van der Waals surface area contributed by atoms with Crippen LogP contribution in [0.3, 0.4) is 0 Å². The van der Waals surface area contributed by atoms with Gasteiger partial charge < -0.3 is 25.2 Å². The number of aromatic hydroxyl groups is 1. The summed E-state index contributed by atoms with van der Waals surface area (Å²) in [5.74, 6) is -0.0915. The first-order chi connectivity index (χ1) is 11.1. The van der Waals surface area contributed by atoms with Crippen LogP contribution in [0.5, 0.6) is 11.5 Å². The molecule has 1 aromatic carbocycles. The molecule has 0 radical (unpaired) electrons. The van der Waals surface area contributed by atoms with E-state index in [0.717, 1.165) is 25.9 Å². The van der Waals surface area contributed by atoms with Gasteiger partial charge in [-0.05, 0) is 25.5 Å². The van der Waals surface area contributed by atoms with E-state index in [-0.39, 0.29) is 28.5 Å². The molecule has 6 nitrogen and oxygen atoms in total. The van der Waals surface area contributed by atoms with Gasteiger partial charge in [0.1, 0.15) is 0 Å². The second-order valence-corrected chi connectivity index (χ2v) is 5.92. The molecule has 128 valence electrons. The van der Waals surface area contributed by atoms with Gasteiger partial charge in [-0.1, -0.05) is 11.6 Å². The predicted molar refractivity (Wildman–Crippen MR) is 88.5 cm³/mol. The second kappa shape index (κ2) is 8.96. The van der Waals surface area contributed by atoms with E-state index in [1.165, 1.54) is 12.1 Å². The Hall–Kier alpha value is -1.50. The zero-order valence-electron chi connectivity index (χ0n) is 13.2. The first kappa shape index (κ1) is 17.8. The molecule has 0 unspecified atom stereocenters. The molecule has 1 amide bonds. The lowest BCUT2D eigenvalue weighted by atomic mass is 10.1. The van der Waals surface area contributed by atoms with E-state index < -0.39 is 0 Å². The van der Waals surface area contributed by atoms with Crippen molar-refractivity contribution in [2.75, 3.05) is 33.4 Å². The van der Waals surface area contributed by atoms with Crippen molar-refractivity contribution in [2.24, 2.45) is 0 Å². The minimum absolute atomic E-state index is 0.0803. The van der Waals surface area contributed by atoms with Gasteiger partial charge >= 0.3 is 0 Å². The Morgan fingerprint density at radius 3 is 3.00 bits per heavy atom. The van der Waals surface area contributed by atoms with Crippen LogP contribution in [0, 0.1) is 0 Å². The van der Waals surface area contributed by atoms with Crippen molar-refractivity contribution >= 4 is 17.5 Å². The number of carbonyl (C=O) groups is 1. The summed E-state index contributed by atoms with van der Waals surface area (Å²) in [6.45, 7) is 2.68. The molecule has 1 aromatic rings. The predicted octanol–water partition coefficient (Wildman–Crippen LogP) is 1.94. The summed E-state index contributed by atoms with van der Waals surface area (Å²) in [5.41, 5.74) is 0.303. The highest BCUT2D eigenvalue weighted by molar-refractivity contribution is 6.34. The van der Waals surface area contributed by atoms with Crippen molar-refractivity contribution in [2.45, 2.75) is 25.3 Å². The van der Waals surface area contributed by atoms with E-state index in [4.69, 9.17) is 21.1 Å². The number of hydrogen-bond acceptors (Lipinski definition) is 5. The number of piperidine rings is 1. The highest BCUT2D eigenvalue weighted by Gasteiger charge is 2.20. The highest BCUT2D eigenvalue weighted by atomic mass is 35.5.